The summed E-state index contributed by atoms with van der Waals surface area (Å²) in [7, 11) is 0. The van der Waals surface area contributed by atoms with Gasteiger partial charge in [0.1, 0.15) is 0 Å². The fourth-order valence-electron chi connectivity index (χ4n) is 3.53. The van der Waals surface area contributed by atoms with E-state index in [1.807, 2.05) is 6.92 Å². The van der Waals surface area contributed by atoms with Gasteiger partial charge in [-0.15, -0.1) is 0 Å². The molecule has 0 saturated heterocycles. The number of carbonyl (C=O) groups is 2. The van der Waals surface area contributed by atoms with E-state index in [2.05, 4.69) is 30.4 Å². The van der Waals surface area contributed by atoms with Crippen LogP contribution in [0.5, 0.6) is 11.5 Å². The molecule has 2 aromatic carbocycles. The number of nitrogens with one attached hydrogen (secondary N) is 3. The van der Waals surface area contributed by atoms with Crippen LogP contribution >= 0.6 is 0 Å². The Hall–Kier alpha value is -4.35. The molecule has 3 N–H and O–H groups in total. The number of carbonyl (C=O) groups excluding carboxylic acids is 2. The second kappa shape index (κ2) is 10.3. The molecule has 8 nitrogen and oxygen atoms in total. The van der Waals surface area contributed by atoms with Crippen LogP contribution < -0.4 is 25.4 Å². The number of hydrogen-bond donors (Lipinski definition) is 3. The Morgan fingerprint density at radius 1 is 0.946 bits per heavy atom. The van der Waals surface area contributed by atoms with Crippen molar-refractivity contribution in [2.24, 2.45) is 0 Å². The molecule has 2 heterocycles. The van der Waals surface area contributed by atoms with Crippen molar-refractivity contribution in [1.82, 2.24) is 10.3 Å². The van der Waals surface area contributed by atoms with Crippen molar-refractivity contribution in [2.75, 3.05) is 17.2 Å². The molecular formula is C25H22F4N4O4. The summed E-state index contributed by atoms with van der Waals surface area (Å²) in [6.07, 6.45) is -7.97. The number of aromatic nitrogens is 1. The largest absolute Gasteiger partial charge is 0.507 e. The van der Waals surface area contributed by atoms with Crippen LogP contribution in [0.4, 0.5) is 28.9 Å². The van der Waals surface area contributed by atoms with Gasteiger partial charge in [0, 0.05) is 42.4 Å². The van der Waals surface area contributed by atoms with Crippen LogP contribution in [0, 0.1) is 0 Å². The average Bonchev–Trinajstić information content (AvgIpc) is 2.84. The van der Waals surface area contributed by atoms with Gasteiger partial charge in [-0.1, -0.05) is 12.1 Å². The first-order chi connectivity index (χ1) is 17.6. The molecule has 1 aliphatic heterocycles. The minimum absolute atomic E-state index is 0.0345. The topological polar surface area (TPSA) is 102 Å². The number of anilines is 2. The van der Waals surface area contributed by atoms with E-state index in [0.29, 0.717) is 24.5 Å². The molecular weight excluding hydrogens is 496 g/mol. The Labute approximate surface area is 209 Å². The number of fused-ring (bicyclic) bond motifs is 1. The minimum Gasteiger partial charge on any atom is -0.421 e. The van der Waals surface area contributed by atoms with Crippen LogP contribution in [-0.4, -0.2) is 35.6 Å². The van der Waals surface area contributed by atoms with Crippen molar-refractivity contribution < 1.29 is 36.6 Å². The Morgan fingerprint density at radius 2 is 1.68 bits per heavy atom. The highest BCUT2D eigenvalue weighted by Gasteiger charge is 2.65. The lowest BCUT2D eigenvalue weighted by molar-refractivity contribution is -0.391. The Morgan fingerprint density at radius 3 is 2.43 bits per heavy atom. The van der Waals surface area contributed by atoms with E-state index < -0.39 is 29.6 Å². The summed E-state index contributed by atoms with van der Waals surface area (Å²) in [5.74, 6) is -1.94. The summed E-state index contributed by atoms with van der Waals surface area (Å²) in [6, 6.07) is 13.3. The highest BCUT2D eigenvalue weighted by Crippen LogP contribution is 2.47. The highest BCUT2D eigenvalue weighted by molar-refractivity contribution is 6.08. The molecule has 1 aliphatic rings. The van der Waals surface area contributed by atoms with Gasteiger partial charge in [0.25, 0.3) is 5.91 Å². The predicted octanol–water partition coefficient (Wildman–Crippen LogP) is 4.58. The van der Waals surface area contributed by atoms with E-state index in [9.17, 15) is 27.2 Å². The molecule has 0 aliphatic carbocycles. The van der Waals surface area contributed by atoms with Crippen molar-refractivity contribution >= 4 is 23.2 Å². The molecule has 12 heteroatoms. The zero-order chi connectivity index (χ0) is 26.6. The Bertz CT molecular complexity index is 1320. The number of rotatable bonds is 8. The zero-order valence-electron chi connectivity index (χ0n) is 19.5. The third-order valence-corrected chi connectivity index (χ3v) is 5.27. The monoisotopic (exact) mass is 518 g/mol. The molecule has 2 amide bonds. The van der Waals surface area contributed by atoms with Crippen molar-refractivity contribution in [2.45, 2.75) is 32.1 Å². The van der Waals surface area contributed by atoms with Crippen LogP contribution in [0.25, 0.3) is 0 Å². The SMILES string of the molecule is CCNC(=O)Cc1cc(CNc2ccccc2C(=O)Nc2ccc3c(c2)OC(F)(F)C(F)(F)O3)ccn1. The number of ether oxygens (including phenoxy) is 2. The van der Waals surface area contributed by atoms with Gasteiger partial charge >= 0.3 is 12.2 Å². The standard InChI is InChI=1S/C25H22F4N4O4/c1-2-30-22(34)13-17-11-15(9-10-31-17)14-32-19-6-4-3-5-18(19)23(35)33-16-7-8-20-21(12-16)37-25(28,29)24(26,27)36-20/h3-12,32H,2,13-14H2,1H3,(H,30,34)(H,33,35). The molecule has 0 bridgehead atoms. The molecule has 0 saturated carbocycles. The summed E-state index contributed by atoms with van der Waals surface area (Å²) < 4.78 is 61.9. The van der Waals surface area contributed by atoms with Gasteiger partial charge < -0.3 is 25.4 Å². The van der Waals surface area contributed by atoms with Gasteiger partial charge in [-0.25, -0.2) is 0 Å². The van der Waals surface area contributed by atoms with E-state index in [-0.39, 0.29) is 23.6 Å². The van der Waals surface area contributed by atoms with E-state index in [0.717, 1.165) is 17.7 Å². The molecule has 194 valence electrons. The molecule has 3 aromatic rings. The molecule has 37 heavy (non-hydrogen) atoms. The van der Waals surface area contributed by atoms with Gasteiger partial charge in [0.05, 0.1) is 12.0 Å². The number of amides is 2. The first-order valence-electron chi connectivity index (χ1n) is 11.2. The Kier molecular flexibility index (Phi) is 7.18. The summed E-state index contributed by atoms with van der Waals surface area (Å²) >= 11 is 0. The maximum Gasteiger partial charge on any atom is 0.507 e. The molecule has 0 unspecified atom stereocenters. The van der Waals surface area contributed by atoms with E-state index in [1.165, 1.54) is 6.07 Å². The van der Waals surface area contributed by atoms with Gasteiger partial charge in [0.2, 0.25) is 5.91 Å². The third kappa shape index (κ3) is 5.90. The van der Waals surface area contributed by atoms with E-state index >= 15 is 0 Å². The summed E-state index contributed by atoms with van der Waals surface area (Å²) in [6.45, 7) is 2.67. The molecule has 0 atom stereocenters. The lowest BCUT2D eigenvalue weighted by Crippen LogP contribution is -2.52. The number of benzene rings is 2. The van der Waals surface area contributed by atoms with Crippen molar-refractivity contribution in [3.8, 4) is 11.5 Å². The molecule has 0 spiro atoms. The fraction of sp³-hybridized carbons (Fsp3) is 0.240. The van der Waals surface area contributed by atoms with Crippen LogP contribution in [0.2, 0.25) is 0 Å². The molecule has 0 radical (unpaired) electrons. The molecule has 0 fully saturated rings. The molecule has 1 aromatic heterocycles. The lowest BCUT2D eigenvalue weighted by atomic mass is 10.1. The number of pyridine rings is 1. The number of halogens is 4. The summed E-state index contributed by atoms with van der Waals surface area (Å²) in [5.41, 5.74) is 2.18. The van der Waals surface area contributed by atoms with E-state index in [4.69, 9.17) is 0 Å². The normalized spacial score (nSPS) is 14.9. The van der Waals surface area contributed by atoms with Crippen molar-refractivity contribution in [3.63, 3.8) is 0 Å². The highest BCUT2D eigenvalue weighted by atomic mass is 19.3. The second-order valence-electron chi connectivity index (χ2n) is 8.04. The molecule has 4 rings (SSSR count). The van der Waals surface area contributed by atoms with Gasteiger partial charge in [0.15, 0.2) is 11.5 Å². The summed E-state index contributed by atoms with van der Waals surface area (Å²) in [4.78, 5) is 28.9. The second-order valence-corrected chi connectivity index (χ2v) is 8.04. The maximum absolute atomic E-state index is 13.5. The predicted molar refractivity (Wildman–Crippen MR) is 126 cm³/mol. The van der Waals surface area contributed by atoms with Gasteiger partial charge in [-0.2, -0.15) is 17.6 Å². The third-order valence-electron chi connectivity index (χ3n) is 5.27. The van der Waals surface area contributed by atoms with Crippen LogP contribution in [-0.2, 0) is 17.8 Å². The number of nitrogens with zero attached hydrogens (tertiary/aromatic N) is 1. The number of para-hydroxylation sites is 1. The van der Waals surface area contributed by atoms with Crippen molar-refractivity contribution in [3.05, 3.63) is 77.6 Å². The minimum atomic E-state index is -4.87. The lowest BCUT2D eigenvalue weighted by Gasteiger charge is -2.31. The van der Waals surface area contributed by atoms with Crippen LogP contribution in [0.3, 0.4) is 0 Å². The average molecular weight is 518 g/mol. The van der Waals surface area contributed by atoms with Crippen molar-refractivity contribution in [1.29, 1.82) is 0 Å². The number of hydrogen-bond acceptors (Lipinski definition) is 6. The number of alkyl halides is 4. The first-order valence-corrected chi connectivity index (χ1v) is 11.2. The maximum atomic E-state index is 13.5. The fourth-order valence-corrected chi connectivity index (χ4v) is 3.53. The number of likely N-dealkylation sites (N-methyl/N-ethyl adjacent to an activating group) is 1. The Balaban J connectivity index is 1.45. The van der Waals surface area contributed by atoms with E-state index in [1.54, 1.807) is 42.6 Å². The summed E-state index contributed by atoms with van der Waals surface area (Å²) in [5, 5.41) is 8.40. The van der Waals surface area contributed by atoms with Gasteiger partial charge in [-0.3, -0.25) is 14.6 Å². The van der Waals surface area contributed by atoms with Crippen LogP contribution in [0.1, 0.15) is 28.5 Å². The van der Waals surface area contributed by atoms with Crippen LogP contribution in [0.15, 0.2) is 60.8 Å². The quantitative estimate of drug-likeness (QED) is 0.378. The smallest absolute Gasteiger partial charge is 0.421 e. The zero-order valence-corrected chi connectivity index (χ0v) is 19.5. The van der Waals surface area contributed by atoms with Gasteiger partial charge in [-0.05, 0) is 48.9 Å². The first kappa shape index (κ1) is 25.7.